The molecule has 0 saturated carbocycles. The van der Waals surface area contributed by atoms with Crippen LogP contribution in [-0.2, 0) is 4.74 Å². The summed E-state index contributed by atoms with van der Waals surface area (Å²) in [5.74, 6) is -0.121. The Labute approximate surface area is 90.1 Å². The van der Waals surface area contributed by atoms with Gasteiger partial charge in [-0.2, -0.15) is 0 Å². The molecule has 1 aromatic carbocycles. The number of halogens is 2. The molecule has 5 heteroatoms. The Morgan fingerprint density at radius 2 is 2.21 bits per heavy atom. The Balaban J connectivity index is 2.72. The lowest BCUT2D eigenvalue weighted by molar-refractivity contribution is 0.0227. The highest BCUT2D eigenvalue weighted by molar-refractivity contribution is 9.10. The zero-order chi connectivity index (χ0) is 10.6. The SMILES string of the molecule is CCOCOc1cc(F)c(Br)cc1N. The van der Waals surface area contributed by atoms with Crippen LogP contribution in [0.5, 0.6) is 5.75 Å². The number of nitrogen functional groups attached to an aromatic ring is 1. The number of rotatable bonds is 4. The van der Waals surface area contributed by atoms with E-state index in [2.05, 4.69) is 15.9 Å². The van der Waals surface area contributed by atoms with Gasteiger partial charge in [0, 0.05) is 12.7 Å². The molecular weight excluding hydrogens is 253 g/mol. The summed E-state index contributed by atoms with van der Waals surface area (Å²) in [7, 11) is 0. The number of nitrogens with two attached hydrogens (primary N) is 1. The van der Waals surface area contributed by atoms with Crippen LogP contribution in [0.25, 0.3) is 0 Å². The van der Waals surface area contributed by atoms with Crippen LogP contribution in [0.4, 0.5) is 10.1 Å². The zero-order valence-corrected chi connectivity index (χ0v) is 9.30. The molecule has 1 aromatic rings. The predicted octanol–water partition coefficient (Wildman–Crippen LogP) is 2.54. The molecule has 0 aromatic heterocycles. The van der Waals surface area contributed by atoms with E-state index in [9.17, 15) is 4.39 Å². The Bertz CT molecular complexity index is 320. The van der Waals surface area contributed by atoms with Crippen LogP contribution in [0.3, 0.4) is 0 Å². The second-order valence-corrected chi connectivity index (χ2v) is 3.41. The molecule has 0 aliphatic rings. The van der Waals surface area contributed by atoms with E-state index in [4.69, 9.17) is 15.2 Å². The number of anilines is 1. The van der Waals surface area contributed by atoms with Crippen LogP contribution in [0, 0.1) is 5.82 Å². The van der Waals surface area contributed by atoms with E-state index in [-0.39, 0.29) is 6.79 Å². The quantitative estimate of drug-likeness (QED) is 0.516. The Morgan fingerprint density at radius 3 is 2.86 bits per heavy atom. The summed E-state index contributed by atoms with van der Waals surface area (Å²) >= 11 is 3.02. The van der Waals surface area contributed by atoms with Crippen molar-refractivity contribution in [3.05, 3.63) is 22.4 Å². The van der Waals surface area contributed by atoms with Crippen molar-refractivity contribution in [1.29, 1.82) is 0 Å². The second-order valence-electron chi connectivity index (χ2n) is 2.56. The van der Waals surface area contributed by atoms with Crippen molar-refractivity contribution in [3.63, 3.8) is 0 Å². The van der Waals surface area contributed by atoms with Gasteiger partial charge in [0.2, 0.25) is 0 Å². The smallest absolute Gasteiger partial charge is 0.189 e. The Morgan fingerprint density at radius 1 is 1.50 bits per heavy atom. The molecule has 14 heavy (non-hydrogen) atoms. The Hall–Kier alpha value is -0.810. The molecule has 0 atom stereocenters. The van der Waals surface area contributed by atoms with Gasteiger partial charge < -0.3 is 15.2 Å². The molecule has 0 radical (unpaired) electrons. The monoisotopic (exact) mass is 263 g/mol. The first-order valence-electron chi connectivity index (χ1n) is 4.10. The largest absolute Gasteiger partial charge is 0.465 e. The summed E-state index contributed by atoms with van der Waals surface area (Å²) in [4.78, 5) is 0. The van der Waals surface area contributed by atoms with E-state index in [0.29, 0.717) is 22.5 Å². The molecule has 0 aliphatic heterocycles. The van der Waals surface area contributed by atoms with E-state index in [1.165, 1.54) is 12.1 Å². The molecule has 0 bridgehead atoms. The van der Waals surface area contributed by atoms with Crippen molar-refractivity contribution in [2.24, 2.45) is 0 Å². The number of hydrogen-bond acceptors (Lipinski definition) is 3. The van der Waals surface area contributed by atoms with Crippen LogP contribution in [-0.4, -0.2) is 13.4 Å². The normalized spacial score (nSPS) is 10.2. The third-order valence-corrected chi connectivity index (χ3v) is 2.16. The third kappa shape index (κ3) is 2.85. The molecule has 0 fully saturated rings. The van der Waals surface area contributed by atoms with Crippen LogP contribution in [0.15, 0.2) is 16.6 Å². The van der Waals surface area contributed by atoms with Crippen molar-refractivity contribution < 1.29 is 13.9 Å². The fourth-order valence-electron chi connectivity index (χ4n) is 0.857. The number of benzene rings is 1. The maximum Gasteiger partial charge on any atom is 0.189 e. The van der Waals surface area contributed by atoms with Gasteiger partial charge in [0.05, 0.1) is 10.2 Å². The highest BCUT2D eigenvalue weighted by Gasteiger charge is 2.06. The van der Waals surface area contributed by atoms with Crippen molar-refractivity contribution in [2.45, 2.75) is 6.92 Å². The minimum atomic E-state index is -0.411. The van der Waals surface area contributed by atoms with Crippen molar-refractivity contribution in [3.8, 4) is 5.75 Å². The van der Waals surface area contributed by atoms with E-state index >= 15 is 0 Å². The highest BCUT2D eigenvalue weighted by atomic mass is 79.9. The summed E-state index contributed by atoms with van der Waals surface area (Å²) in [5, 5.41) is 0. The predicted molar refractivity (Wildman–Crippen MR) is 55.6 cm³/mol. The fraction of sp³-hybridized carbons (Fsp3) is 0.333. The van der Waals surface area contributed by atoms with Gasteiger partial charge in [0.15, 0.2) is 6.79 Å². The van der Waals surface area contributed by atoms with Crippen LogP contribution < -0.4 is 10.5 Å². The van der Waals surface area contributed by atoms with Crippen LogP contribution >= 0.6 is 15.9 Å². The molecule has 3 nitrogen and oxygen atoms in total. The molecular formula is C9H11BrFNO2. The minimum absolute atomic E-state index is 0.0712. The summed E-state index contributed by atoms with van der Waals surface area (Å²) in [6.07, 6.45) is 0. The van der Waals surface area contributed by atoms with Gasteiger partial charge >= 0.3 is 0 Å². The average Bonchev–Trinajstić information content (AvgIpc) is 2.14. The lowest BCUT2D eigenvalue weighted by atomic mass is 10.3. The highest BCUT2D eigenvalue weighted by Crippen LogP contribution is 2.28. The van der Waals surface area contributed by atoms with E-state index in [1.54, 1.807) is 0 Å². The number of ether oxygens (including phenoxy) is 2. The van der Waals surface area contributed by atoms with Crippen molar-refractivity contribution in [2.75, 3.05) is 19.1 Å². The van der Waals surface area contributed by atoms with E-state index < -0.39 is 5.82 Å². The van der Waals surface area contributed by atoms with Crippen LogP contribution in [0.2, 0.25) is 0 Å². The molecule has 0 aliphatic carbocycles. The molecule has 0 saturated heterocycles. The minimum Gasteiger partial charge on any atom is -0.465 e. The van der Waals surface area contributed by atoms with Gasteiger partial charge in [-0.25, -0.2) is 4.39 Å². The zero-order valence-electron chi connectivity index (χ0n) is 7.72. The molecule has 78 valence electrons. The first kappa shape index (κ1) is 11.3. The standard InChI is InChI=1S/C9H11BrFNO2/c1-2-13-5-14-9-4-7(11)6(10)3-8(9)12/h3-4H,2,5,12H2,1H3. The van der Waals surface area contributed by atoms with Crippen molar-refractivity contribution >= 4 is 21.6 Å². The first-order valence-corrected chi connectivity index (χ1v) is 4.89. The first-order chi connectivity index (χ1) is 6.65. The third-order valence-electron chi connectivity index (χ3n) is 1.55. The van der Waals surface area contributed by atoms with Gasteiger partial charge in [-0.3, -0.25) is 0 Å². The lowest BCUT2D eigenvalue weighted by Gasteiger charge is -2.09. The van der Waals surface area contributed by atoms with E-state index in [0.717, 1.165) is 0 Å². The summed E-state index contributed by atoms with van der Waals surface area (Å²) in [6.45, 7) is 2.45. The van der Waals surface area contributed by atoms with Gasteiger partial charge in [0.1, 0.15) is 11.6 Å². The van der Waals surface area contributed by atoms with E-state index in [1.807, 2.05) is 6.92 Å². The summed E-state index contributed by atoms with van der Waals surface area (Å²) in [6, 6.07) is 2.68. The molecule has 0 amide bonds. The van der Waals surface area contributed by atoms with Gasteiger partial charge in [0.25, 0.3) is 0 Å². The van der Waals surface area contributed by atoms with Gasteiger partial charge in [-0.05, 0) is 28.9 Å². The molecule has 0 spiro atoms. The maximum atomic E-state index is 13.0. The summed E-state index contributed by atoms with van der Waals surface area (Å²) < 4.78 is 23.4. The van der Waals surface area contributed by atoms with Crippen LogP contribution in [0.1, 0.15) is 6.92 Å². The second kappa shape index (κ2) is 5.17. The molecule has 2 N–H and O–H groups in total. The maximum absolute atomic E-state index is 13.0. The summed E-state index contributed by atoms with van der Waals surface area (Å²) in [5.41, 5.74) is 5.97. The topological polar surface area (TPSA) is 44.5 Å². The average molecular weight is 264 g/mol. The molecule has 1 rings (SSSR count). The van der Waals surface area contributed by atoms with Crippen molar-refractivity contribution in [1.82, 2.24) is 0 Å². The lowest BCUT2D eigenvalue weighted by Crippen LogP contribution is -2.04. The van der Waals surface area contributed by atoms with Gasteiger partial charge in [-0.15, -0.1) is 0 Å². The fourth-order valence-corrected chi connectivity index (χ4v) is 1.22. The number of hydrogen-bond donors (Lipinski definition) is 1. The Kier molecular flexibility index (Phi) is 4.16. The molecule has 0 unspecified atom stereocenters. The molecule has 0 heterocycles. The van der Waals surface area contributed by atoms with Gasteiger partial charge in [-0.1, -0.05) is 0 Å².